The molecule has 90 valence electrons. The first kappa shape index (κ1) is 13.5. The Morgan fingerprint density at radius 1 is 1.69 bits per heavy atom. The van der Waals surface area contributed by atoms with Gasteiger partial charge in [0, 0.05) is 11.4 Å². The first-order chi connectivity index (χ1) is 7.50. The minimum absolute atomic E-state index is 0.0555. The molecule has 0 fully saturated rings. The van der Waals surface area contributed by atoms with Crippen LogP contribution in [0.1, 0.15) is 41.4 Å². The van der Waals surface area contributed by atoms with Crippen LogP contribution in [0.2, 0.25) is 0 Å². The third kappa shape index (κ3) is 3.46. The third-order valence-electron chi connectivity index (χ3n) is 2.69. The van der Waals surface area contributed by atoms with Gasteiger partial charge >= 0.3 is 0 Å². The van der Waals surface area contributed by atoms with E-state index >= 15 is 0 Å². The molecule has 1 atom stereocenters. The van der Waals surface area contributed by atoms with Gasteiger partial charge in [0.05, 0.1) is 11.2 Å². The van der Waals surface area contributed by atoms with E-state index in [9.17, 15) is 4.79 Å². The summed E-state index contributed by atoms with van der Waals surface area (Å²) >= 11 is 7.15. The minimum Gasteiger partial charge on any atom is -0.346 e. The smallest absolute Gasteiger partial charge is 0.263 e. The molecule has 0 aliphatic carbocycles. The van der Waals surface area contributed by atoms with Gasteiger partial charge in [0.15, 0.2) is 0 Å². The van der Waals surface area contributed by atoms with Gasteiger partial charge < -0.3 is 5.32 Å². The summed E-state index contributed by atoms with van der Waals surface area (Å²) in [5, 5.41) is 3.92. The number of aromatic nitrogens is 1. The largest absolute Gasteiger partial charge is 0.346 e. The van der Waals surface area contributed by atoms with E-state index in [-0.39, 0.29) is 11.4 Å². The molecule has 5 heteroatoms. The second-order valence-electron chi connectivity index (χ2n) is 4.05. The average Bonchev–Trinajstić information content (AvgIpc) is 2.65. The molecule has 1 amide bonds. The molecule has 0 aliphatic heterocycles. The van der Waals surface area contributed by atoms with Crippen LogP contribution in [-0.2, 0) is 0 Å². The first-order valence-electron chi connectivity index (χ1n) is 5.31. The first-order valence-corrected chi connectivity index (χ1v) is 6.67. The summed E-state index contributed by atoms with van der Waals surface area (Å²) in [5.74, 6) is 0.492. The molecule has 0 saturated carbocycles. The fourth-order valence-corrected chi connectivity index (χ4v) is 2.43. The maximum absolute atomic E-state index is 11.9. The van der Waals surface area contributed by atoms with E-state index in [0.29, 0.717) is 10.8 Å². The van der Waals surface area contributed by atoms with Crippen molar-refractivity contribution in [3.8, 4) is 0 Å². The standard InChI is InChI=1S/C11H17ClN2OS/c1-4-11(3,5-6-12)14-10(15)9-7-13-8(2)16-9/h7H,4-6H2,1-3H3,(H,14,15). The Morgan fingerprint density at radius 2 is 2.38 bits per heavy atom. The minimum atomic E-state index is -0.225. The predicted octanol–water partition coefficient (Wildman–Crippen LogP) is 2.98. The molecule has 1 heterocycles. The highest BCUT2D eigenvalue weighted by Crippen LogP contribution is 2.18. The Labute approximate surface area is 105 Å². The quantitative estimate of drug-likeness (QED) is 0.827. The molecule has 1 unspecified atom stereocenters. The molecule has 1 N–H and O–H groups in total. The van der Waals surface area contributed by atoms with Crippen LogP contribution in [0.5, 0.6) is 0 Å². The number of amides is 1. The van der Waals surface area contributed by atoms with Gasteiger partial charge in [0.25, 0.3) is 5.91 Å². The summed E-state index contributed by atoms with van der Waals surface area (Å²) in [6.07, 6.45) is 3.25. The lowest BCUT2D eigenvalue weighted by Crippen LogP contribution is -2.45. The van der Waals surface area contributed by atoms with Crippen molar-refractivity contribution in [2.24, 2.45) is 0 Å². The van der Waals surface area contributed by atoms with Gasteiger partial charge in [-0.15, -0.1) is 22.9 Å². The second kappa shape index (κ2) is 5.64. The Balaban J connectivity index is 2.69. The Bertz CT molecular complexity index is 367. The average molecular weight is 261 g/mol. The lowest BCUT2D eigenvalue weighted by molar-refractivity contribution is 0.0905. The summed E-state index contributed by atoms with van der Waals surface area (Å²) in [6, 6.07) is 0. The zero-order chi connectivity index (χ0) is 12.2. The van der Waals surface area contributed by atoms with E-state index in [1.165, 1.54) is 11.3 Å². The number of thiazole rings is 1. The highest BCUT2D eigenvalue weighted by molar-refractivity contribution is 7.13. The van der Waals surface area contributed by atoms with Crippen LogP contribution in [0.25, 0.3) is 0 Å². The molecular weight excluding hydrogens is 244 g/mol. The molecule has 0 aromatic carbocycles. The number of nitrogens with one attached hydrogen (secondary N) is 1. The molecule has 0 bridgehead atoms. The van der Waals surface area contributed by atoms with Crippen LogP contribution in [-0.4, -0.2) is 22.3 Å². The lowest BCUT2D eigenvalue weighted by Gasteiger charge is -2.28. The van der Waals surface area contributed by atoms with Gasteiger partial charge in [-0.1, -0.05) is 6.92 Å². The fraction of sp³-hybridized carbons (Fsp3) is 0.636. The van der Waals surface area contributed by atoms with Crippen molar-refractivity contribution in [1.29, 1.82) is 0 Å². The Morgan fingerprint density at radius 3 is 2.81 bits per heavy atom. The molecule has 16 heavy (non-hydrogen) atoms. The molecule has 1 aromatic heterocycles. The fourth-order valence-electron chi connectivity index (χ4n) is 1.34. The van der Waals surface area contributed by atoms with Gasteiger partial charge in [-0.2, -0.15) is 0 Å². The summed E-state index contributed by atoms with van der Waals surface area (Å²) < 4.78 is 0. The molecule has 0 radical (unpaired) electrons. The van der Waals surface area contributed by atoms with Crippen molar-refractivity contribution in [2.75, 3.05) is 5.88 Å². The van der Waals surface area contributed by atoms with Gasteiger partial charge in [0.2, 0.25) is 0 Å². The zero-order valence-corrected chi connectivity index (χ0v) is 11.4. The Kier molecular flexibility index (Phi) is 4.74. The summed E-state index contributed by atoms with van der Waals surface area (Å²) in [7, 11) is 0. The number of carbonyl (C=O) groups is 1. The van der Waals surface area contributed by atoms with Gasteiger partial charge in [-0.25, -0.2) is 4.98 Å². The number of hydrogen-bond acceptors (Lipinski definition) is 3. The van der Waals surface area contributed by atoms with Gasteiger partial charge in [-0.3, -0.25) is 4.79 Å². The van der Waals surface area contributed by atoms with Gasteiger partial charge in [-0.05, 0) is 26.7 Å². The van der Waals surface area contributed by atoms with E-state index in [4.69, 9.17) is 11.6 Å². The number of hydrogen-bond donors (Lipinski definition) is 1. The number of halogens is 1. The summed E-state index contributed by atoms with van der Waals surface area (Å²) in [4.78, 5) is 16.7. The molecule has 1 rings (SSSR count). The number of nitrogens with zero attached hydrogens (tertiary/aromatic N) is 1. The van der Waals surface area contributed by atoms with Crippen molar-refractivity contribution in [2.45, 2.75) is 39.2 Å². The Hall–Kier alpha value is -0.610. The summed E-state index contributed by atoms with van der Waals surface area (Å²) in [6.45, 7) is 5.95. The van der Waals surface area contributed by atoms with Crippen LogP contribution in [0.15, 0.2) is 6.20 Å². The molecular formula is C11H17ClN2OS. The summed E-state index contributed by atoms with van der Waals surface area (Å²) in [5.41, 5.74) is -0.225. The molecule has 0 aliphatic rings. The van der Waals surface area contributed by atoms with Crippen molar-refractivity contribution in [3.05, 3.63) is 16.1 Å². The predicted molar refractivity (Wildman–Crippen MR) is 68.4 cm³/mol. The van der Waals surface area contributed by atoms with E-state index in [1.54, 1.807) is 6.20 Å². The van der Waals surface area contributed by atoms with Crippen molar-refractivity contribution in [1.82, 2.24) is 10.3 Å². The lowest BCUT2D eigenvalue weighted by atomic mass is 9.95. The van der Waals surface area contributed by atoms with E-state index < -0.39 is 0 Å². The highest BCUT2D eigenvalue weighted by Gasteiger charge is 2.24. The maximum atomic E-state index is 11.9. The van der Waals surface area contributed by atoms with Crippen LogP contribution < -0.4 is 5.32 Å². The van der Waals surface area contributed by atoms with Crippen molar-refractivity contribution < 1.29 is 4.79 Å². The molecule has 1 aromatic rings. The molecule has 0 saturated heterocycles. The van der Waals surface area contributed by atoms with Crippen LogP contribution in [0.3, 0.4) is 0 Å². The normalized spacial score (nSPS) is 14.5. The highest BCUT2D eigenvalue weighted by atomic mass is 35.5. The van der Waals surface area contributed by atoms with Crippen molar-refractivity contribution >= 4 is 28.8 Å². The second-order valence-corrected chi connectivity index (χ2v) is 5.66. The van der Waals surface area contributed by atoms with Crippen molar-refractivity contribution in [3.63, 3.8) is 0 Å². The van der Waals surface area contributed by atoms with E-state index in [1.807, 2.05) is 20.8 Å². The van der Waals surface area contributed by atoms with E-state index in [0.717, 1.165) is 17.8 Å². The number of carbonyl (C=O) groups excluding carboxylic acids is 1. The van der Waals surface area contributed by atoms with Crippen LogP contribution in [0, 0.1) is 6.92 Å². The maximum Gasteiger partial charge on any atom is 0.263 e. The number of alkyl halides is 1. The third-order valence-corrected chi connectivity index (χ3v) is 3.79. The zero-order valence-electron chi connectivity index (χ0n) is 9.84. The molecule has 0 spiro atoms. The van der Waals surface area contributed by atoms with Gasteiger partial charge in [0.1, 0.15) is 4.88 Å². The SMILES string of the molecule is CCC(C)(CCCl)NC(=O)c1cnc(C)s1. The van der Waals surface area contributed by atoms with Crippen LogP contribution in [0.4, 0.5) is 0 Å². The number of rotatable bonds is 5. The monoisotopic (exact) mass is 260 g/mol. The molecule has 3 nitrogen and oxygen atoms in total. The number of aryl methyl sites for hydroxylation is 1. The van der Waals surface area contributed by atoms with E-state index in [2.05, 4.69) is 10.3 Å². The van der Waals surface area contributed by atoms with Crippen LogP contribution >= 0.6 is 22.9 Å². The topological polar surface area (TPSA) is 42.0 Å².